The number of H-pyrrole nitrogens is 1. The number of nitrogen functional groups attached to an aromatic ring is 1. The highest BCUT2D eigenvalue weighted by Crippen LogP contribution is 2.11. The number of carbonyl (C=O) groups is 2. The first-order chi connectivity index (χ1) is 13.3. The first-order valence-electron chi connectivity index (χ1n) is 8.22. The number of rotatable bonds is 6. The molecule has 0 saturated carbocycles. The summed E-state index contributed by atoms with van der Waals surface area (Å²) >= 11 is 0. The summed E-state index contributed by atoms with van der Waals surface area (Å²) < 4.78 is 0. The predicted molar refractivity (Wildman–Crippen MR) is 101 cm³/mol. The normalized spacial score (nSPS) is 11.8. The van der Waals surface area contributed by atoms with Gasteiger partial charge in [-0.05, 0) is 31.2 Å². The Balaban J connectivity index is 1.66. The first-order valence-corrected chi connectivity index (χ1v) is 8.22. The number of carboxylic acids is 1. The maximum Gasteiger partial charge on any atom is 0.325 e. The Labute approximate surface area is 158 Å². The van der Waals surface area contributed by atoms with Crippen LogP contribution in [-0.2, 0) is 11.3 Å². The van der Waals surface area contributed by atoms with Gasteiger partial charge in [-0.3, -0.25) is 19.4 Å². The van der Waals surface area contributed by atoms with Gasteiger partial charge in [-0.2, -0.15) is 4.98 Å². The van der Waals surface area contributed by atoms with Gasteiger partial charge in [-0.25, -0.2) is 9.97 Å². The number of nitrogens with two attached hydrogens (primary N) is 1. The van der Waals surface area contributed by atoms with E-state index in [0.29, 0.717) is 16.9 Å². The van der Waals surface area contributed by atoms with E-state index in [1.54, 1.807) is 24.3 Å². The maximum atomic E-state index is 12.0. The molecular weight excluding hydrogens is 366 g/mol. The van der Waals surface area contributed by atoms with Gasteiger partial charge >= 0.3 is 5.97 Å². The summed E-state index contributed by atoms with van der Waals surface area (Å²) in [5.41, 5.74) is 6.80. The van der Waals surface area contributed by atoms with Crippen LogP contribution in [0.15, 0.2) is 35.3 Å². The van der Waals surface area contributed by atoms with Crippen molar-refractivity contribution in [2.45, 2.75) is 19.5 Å². The monoisotopic (exact) mass is 383 g/mol. The Bertz CT molecular complexity index is 1090. The van der Waals surface area contributed by atoms with E-state index in [1.165, 1.54) is 13.1 Å². The lowest BCUT2D eigenvalue weighted by atomic mass is 10.2. The Morgan fingerprint density at radius 3 is 2.64 bits per heavy atom. The average Bonchev–Trinajstić information content (AvgIpc) is 2.66. The van der Waals surface area contributed by atoms with Crippen LogP contribution in [0.5, 0.6) is 0 Å². The number of anilines is 2. The molecule has 0 aliphatic heterocycles. The molecule has 0 aliphatic carbocycles. The fourth-order valence-electron chi connectivity index (χ4n) is 2.33. The Hall–Kier alpha value is -4.02. The van der Waals surface area contributed by atoms with Crippen LogP contribution >= 0.6 is 0 Å². The SMILES string of the molecule is C[C@H](NC(=O)c1ccc(NCc2cnc3nc(N)[nH]c(=O)c3n2)cc1)C(=O)O. The van der Waals surface area contributed by atoms with Gasteiger partial charge in [0.1, 0.15) is 6.04 Å². The van der Waals surface area contributed by atoms with E-state index in [4.69, 9.17) is 10.8 Å². The summed E-state index contributed by atoms with van der Waals surface area (Å²) in [6.07, 6.45) is 1.48. The maximum absolute atomic E-state index is 12.0. The Morgan fingerprint density at radius 1 is 1.25 bits per heavy atom. The number of carbonyl (C=O) groups excluding carboxylic acids is 1. The molecule has 1 amide bonds. The van der Waals surface area contributed by atoms with Gasteiger partial charge in [-0.15, -0.1) is 0 Å². The van der Waals surface area contributed by atoms with Crippen LogP contribution in [0.25, 0.3) is 11.2 Å². The molecule has 11 nitrogen and oxygen atoms in total. The summed E-state index contributed by atoms with van der Waals surface area (Å²) in [6, 6.07) is 5.49. The van der Waals surface area contributed by atoms with Gasteiger partial charge < -0.3 is 21.5 Å². The second kappa shape index (κ2) is 7.70. The molecule has 2 aromatic heterocycles. The van der Waals surface area contributed by atoms with Crippen LogP contribution in [0.3, 0.4) is 0 Å². The lowest BCUT2D eigenvalue weighted by molar-refractivity contribution is -0.138. The number of benzene rings is 1. The van der Waals surface area contributed by atoms with Crippen molar-refractivity contribution in [2.75, 3.05) is 11.1 Å². The predicted octanol–water partition coefficient (Wildman–Crippen LogP) is 0.110. The number of aliphatic carboxylic acids is 1. The molecule has 0 fully saturated rings. The molecule has 1 atom stereocenters. The molecule has 28 heavy (non-hydrogen) atoms. The van der Waals surface area contributed by atoms with Crippen LogP contribution < -0.4 is 21.9 Å². The average molecular weight is 383 g/mol. The minimum atomic E-state index is -1.11. The molecule has 0 bridgehead atoms. The van der Waals surface area contributed by atoms with E-state index < -0.39 is 23.5 Å². The van der Waals surface area contributed by atoms with E-state index in [1.807, 2.05) is 0 Å². The van der Waals surface area contributed by atoms with Gasteiger partial charge in [0.05, 0.1) is 18.4 Å². The number of nitrogens with one attached hydrogen (secondary N) is 3. The van der Waals surface area contributed by atoms with E-state index in [2.05, 4.69) is 30.6 Å². The number of amides is 1. The van der Waals surface area contributed by atoms with Crippen LogP contribution in [0.4, 0.5) is 11.6 Å². The first kappa shape index (κ1) is 18.8. The molecule has 0 spiro atoms. The molecule has 0 aliphatic rings. The molecular formula is C17H17N7O4. The molecule has 6 N–H and O–H groups in total. The second-order valence-electron chi connectivity index (χ2n) is 5.95. The molecule has 0 unspecified atom stereocenters. The van der Waals surface area contributed by atoms with Crippen molar-refractivity contribution < 1.29 is 14.7 Å². The van der Waals surface area contributed by atoms with Gasteiger partial charge in [0.25, 0.3) is 11.5 Å². The van der Waals surface area contributed by atoms with E-state index >= 15 is 0 Å². The number of aromatic nitrogens is 4. The number of fused-ring (bicyclic) bond motifs is 1. The van der Waals surface area contributed by atoms with E-state index in [-0.39, 0.29) is 23.7 Å². The van der Waals surface area contributed by atoms with E-state index in [0.717, 1.165) is 0 Å². The molecule has 144 valence electrons. The molecule has 1 aromatic carbocycles. The summed E-state index contributed by atoms with van der Waals surface area (Å²) in [6.45, 7) is 1.67. The third-order valence-corrected chi connectivity index (χ3v) is 3.82. The van der Waals surface area contributed by atoms with Crippen molar-refractivity contribution in [3.8, 4) is 0 Å². The zero-order valence-electron chi connectivity index (χ0n) is 14.8. The van der Waals surface area contributed by atoms with Crippen molar-refractivity contribution in [3.05, 3.63) is 52.1 Å². The van der Waals surface area contributed by atoms with Crippen molar-refractivity contribution in [2.24, 2.45) is 0 Å². The minimum Gasteiger partial charge on any atom is -0.480 e. The smallest absolute Gasteiger partial charge is 0.325 e. The number of hydrogen-bond acceptors (Lipinski definition) is 8. The topological polar surface area (TPSA) is 176 Å². The van der Waals surface area contributed by atoms with Crippen LogP contribution in [-0.4, -0.2) is 43.0 Å². The van der Waals surface area contributed by atoms with Crippen molar-refractivity contribution >= 4 is 34.7 Å². The fraction of sp³-hybridized carbons (Fsp3) is 0.176. The molecule has 0 radical (unpaired) electrons. The van der Waals surface area contributed by atoms with Gasteiger partial charge in [0.15, 0.2) is 11.2 Å². The summed E-state index contributed by atoms with van der Waals surface area (Å²) in [5.74, 6) is -1.62. The molecule has 0 saturated heterocycles. The van der Waals surface area contributed by atoms with Gasteiger partial charge in [-0.1, -0.05) is 0 Å². The standard InChI is InChI=1S/C17H17N7O4/c1-8(16(27)28)21-14(25)9-2-4-10(5-3-9)19-6-11-7-20-13-12(22-11)15(26)24-17(18)23-13/h2-5,7-8,19H,6H2,1H3,(H,21,25)(H,27,28)(H3,18,20,23,24,26)/t8-/m0/s1. The summed E-state index contributed by atoms with van der Waals surface area (Å²) in [4.78, 5) is 49.2. The molecule has 11 heteroatoms. The lowest BCUT2D eigenvalue weighted by Gasteiger charge is -2.10. The highest BCUT2D eigenvalue weighted by Gasteiger charge is 2.15. The van der Waals surface area contributed by atoms with E-state index in [9.17, 15) is 14.4 Å². The fourth-order valence-corrected chi connectivity index (χ4v) is 2.33. The largest absolute Gasteiger partial charge is 0.480 e. The zero-order valence-corrected chi connectivity index (χ0v) is 14.8. The summed E-state index contributed by atoms with van der Waals surface area (Å²) in [7, 11) is 0. The van der Waals surface area contributed by atoms with Gasteiger partial charge in [0, 0.05) is 11.3 Å². The Kier molecular flexibility index (Phi) is 5.16. The number of hydrogen-bond donors (Lipinski definition) is 5. The third kappa shape index (κ3) is 4.20. The quantitative estimate of drug-likeness (QED) is 0.395. The van der Waals surface area contributed by atoms with Gasteiger partial charge in [0.2, 0.25) is 5.95 Å². The number of nitrogens with zero attached hydrogens (tertiary/aromatic N) is 3. The van der Waals surface area contributed by atoms with Crippen LogP contribution in [0.1, 0.15) is 23.0 Å². The summed E-state index contributed by atoms with van der Waals surface area (Å²) in [5, 5.41) is 14.3. The lowest BCUT2D eigenvalue weighted by Crippen LogP contribution is -2.38. The highest BCUT2D eigenvalue weighted by molar-refractivity contribution is 5.96. The van der Waals surface area contributed by atoms with Crippen molar-refractivity contribution in [1.82, 2.24) is 25.3 Å². The van der Waals surface area contributed by atoms with Crippen LogP contribution in [0, 0.1) is 0 Å². The third-order valence-electron chi connectivity index (χ3n) is 3.82. The zero-order chi connectivity index (χ0) is 20.3. The number of aromatic amines is 1. The number of carboxylic acid groups (broad SMARTS) is 1. The second-order valence-corrected chi connectivity index (χ2v) is 5.95. The van der Waals surface area contributed by atoms with Crippen molar-refractivity contribution in [3.63, 3.8) is 0 Å². The molecule has 3 rings (SSSR count). The highest BCUT2D eigenvalue weighted by atomic mass is 16.4. The van der Waals surface area contributed by atoms with Crippen LogP contribution in [0.2, 0.25) is 0 Å². The Morgan fingerprint density at radius 2 is 1.96 bits per heavy atom. The minimum absolute atomic E-state index is 0.0282. The van der Waals surface area contributed by atoms with Crippen molar-refractivity contribution in [1.29, 1.82) is 0 Å². The molecule has 3 aromatic rings. The molecule has 2 heterocycles.